The molecule has 7 heteroatoms. The van der Waals surface area contributed by atoms with E-state index in [1.165, 1.54) is 12.3 Å². The Morgan fingerprint density at radius 2 is 2.16 bits per heavy atom. The number of nitrogens with one attached hydrogen (secondary N) is 1. The fourth-order valence-electron chi connectivity index (χ4n) is 2.04. The Morgan fingerprint density at radius 1 is 1.53 bits per heavy atom. The van der Waals surface area contributed by atoms with Crippen LogP contribution in [0.25, 0.3) is 0 Å². The van der Waals surface area contributed by atoms with Crippen molar-refractivity contribution in [2.45, 2.75) is 32.7 Å². The van der Waals surface area contributed by atoms with E-state index in [0.29, 0.717) is 12.4 Å². The van der Waals surface area contributed by atoms with Crippen molar-refractivity contribution in [1.82, 2.24) is 9.88 Å². The summed E-state index contributed by atoms with van der Waals surface area (Å²) in [6.07, 6.45) is 2.86. The average molecular weight is 288 g/mol. The second-order valence-corrected chi connectivity index (χ2v) is 4.56. The third-order valence-electron chi connectivity index (χ3n) is 3.08. The molecule has 0 saturated heterocycles. The number of carbonyl (C=O) groups excluding carboxylic acids is 1. The molecule has 19 heavy (non-hydrogen) atoms. The third kappa shape index (κ3) is 3.70. The van der Waals surface area contributed by atoms with Crippen molar-refractivity contribution < 1.29 is 9.72 Å². The molecule has 0 saturated carbocycles. The Morgan fingerprint density at radius 3 is 2.58 bits per heavy atom. The van der Waals surface area contributed by atoms with Gasteiger partial charge in [-0.1, -0.05) is 13.8 Å². The Balaban J connectivity index is 2.94. The van der Waals surface area contributed by atoms with Crippen LogP contribution in [0.4, 0.5) is 5.69 Å². The molecule has 0 spiro atoms. The van der Waals surface area contributed by atoms with Gasteiger partial charge < -0.3 is 9.88 Å². The van der Waals surface area contributed by atoms with Crippen molar-refractivity contribution in [3.05, 3.63) is 28.1 Å². The molecule has 0 bridgehead atoms. The number of aromatic amines is 1. The summed E-state index contributed by atoms with van der Waals surface area (Å²) in [7, 11) is 0. The van der Waals surface area contributed by atoms with Crippen molar-refractivity contribution in [3.8, 4) is 0 Å². The minimum atomic E-state index is -0.531. The second-order valence-electron chi connectivity index (χ2n) is 4.19. The minimum Gasteiger partial charge on any atom is -0.351 e. The smallest absolute Gasteiger partial charge is 0.287 e. The molecule has 0 atom stereocenters. The van der Waals surface area contributed by atoms with Gasteiger partial charge in [0.1, 0.15) is 5.69 Å². The maximum absolute atomic E-state index is 12.3. The lowest BCUT2D eigenvalue weighted by Crippen LogP contribution is -2.41. The molecule has 0 aliphatic carbocycles. The van der Waals surface area contributed by atoms with Crippen LogP contribution >= 0.6 is 11.6 Å². The van der Waals surface area contributed by atoms with Crippen LogP contribution in [0.3, 0.4) is 0 Å². The molecule has 0 fully saturated rings. The van der Waals surface area contributed by atoms with E-state index in [9.17, 15) is 14.9 Å². The zero-order chi connectivity index (χ0) is 14.4. The molecule has 0 aliphatic rings. The van der Waals surface area contributed by atoms with Crippen LogP contribution in [0.15, 0.2) is 12.3 Å². The molecule has 106 valence electrons. The van der Waals surface area contributed by atoms with E-state index in [2.05, 4.69) is 4.98 Å². The number of alkyl halides is 1. The predicted octanol–water partition coefficient (Wildman–Crippen LogP) is 2.79. The van der Waals surface area contributed by atoms with Crippen LogP contribution in [0, 0.1) is 10.1 Å². The fraction of sp³-hybridized carbons (Fsp3) is 0.583. The summed E-state index contributed by atoms with van der Waals surface area (Å²) in [5.41, 5.74) is 0.113. The summed E-state index contributed by atoms with van der Waals surface area (Å²) in [6.45, 7) is 4.43. The van der Waals surface area contributed by atoms with Crippen LogP contribution in [-0.2, 0) is 0 Å². The lowest BCUT2D eigenvalue weighted by Gasteiger charge is -2.29. The number of nitro groups is 1. The SMILES string of the molecule is CCC(CC)N(CCCl)C(=O)c1cc([N+](=O)[O-])c[nH]1. The number of rotatable bonds is 7. The number of hydrogen-bond donors (Lipinski definition) is 1. The molecule has 0 unspecified atom stereocenters. The molecular formula is C12H18ClN3O3. The van der Waals surface area contributed by atoms with E-state index >= 15 is 0 Å². The molecule has 1 rings (SSSR count). The average Bonchev–Trinajstić information content (AvgIpc) is 2.88. The van der Waals surface area contributed by atoms with Crippen molar-refractivity contribution in [2.24, 2.45) is 0 Å². The molecule has 0 radical (unpaired) electrons. The number of hydrogen-bond acceptors (Lipinski definition) is 3. The van der Waals surface area contributed by atoms with Gasteiger partial charge in [-0.3, -0.25) is 14.9 Å². The zero-order valence-electron chi connectivity index (χ0n) is 11.1. The van der Waals surface area contributed by atoms with E-state index in [4.69, 9.17) is 11.6 Å². The lowest BCUT2D eigenvalue weighted by atomic mass is 10.1. The van der Waals surface area contributed by atoms with Gasteiger partial charge in [-0.05, 0) is 12.8 Å². The summed E-state index contributed by atoms with van der Waals surface area (Å²) < 4.78 is 0. The van der Waals surface area contributed by atoms with Crippen LogP contribution < -0.4 is 0 Å². The summed E-state index contributed by atoms with van der Waals surface area (Å²) >= 11 is 5.73. The Hall–Kier alpha value is -1.56. The summed E-state index contributed by atoms with van der Waals surface area (Å²) in [5.74, 6) is 0.0906. The molecule has 1 aromatic heterocycles. The standard InChI is InChI=1S/C12H18ClN3O3/c1-3-9(4-2)15(6-5-13)12(17)11-7-10(8-14-11)16(18)19/h7-9,14H,3-6H2,1-2H3. The van der Waals surface area contributed by atoms with Crippen molar-refractivity contribution in [1.29, 1.82) is 0 Å². The number of halogens is 1. The van der Waals surface area contributed by atoms with Gasteiger partial charge in [0.05, 0.1) is 11.1 Å². The first kappa shape index (κ1) is 15.5. The molecule has 0 aliphatic heterocycles. The van der Waals surface area contributed by atoms with Crippen LogP contribution in [0.1, 0.15) is 37.2 Å². The van der Waals surface area contributed by atoms with Crippen molar-refractivity contribution >= 4 is 23.2 Å². The second kappa shape index (κ2) is 7.13. The highest BCUT2D eigenvalue weighted by molar-refractivity contribution is 6.18. The minimum absolute atomic E-state index is 0.0913. The molecular weight excluding hydrogens is 270 g/mol. The molecule has 1 heterocycles. The summed E-state index contributed by atoms with van der Waals surface area (Å²) in [5, 5.41) is 10.6. The zero-order valence-corrected chi connectivity index (χ0v) is 11.8. The van der Waals surface area contributed by atoms with Gasteiger partial charge in [0.2, 0.25) is 0 Å². The Kier molecular flexibility index (Phi) is 5.82. The summed E-state index contributed by atoms with van der Waals surface area (Å²) in [4.78, 5) is 26.8. The third-order valence-corrected chi connectivity index (χ3v) is 3.25. The van der Waals surface area contributed by atoms with Gasteiger partial charge in [0.25, 0.3) is 11.6 Å². The molecule has 6 nitrogen and oxygen atoms in total. The van der Waals surface area contributed by atoms with Gasteiger partial charge in [0.15, 0.2) is 0 Å². The van der Waals surface area contributed by atoms with E-state index in [-0.39, 0.29) is 23.3 Å². The molecule has 0 aromatic carbocycles. The summed E-state index contributed by atoms with van der Waals surface area (Å²) in [6, 6.07) is 1.35. The largest absolute Gasteiger partial charge is 0.351 e. The quantitative estimate of drug-likeness (QED) is 0.476. The Labute approximate surface area is 116 Å². The number of nitrogens with zero attached hydrogens (tertiary/aromatic N) is 2. The first-order valence-electron chi connectivity index (χ1n) is 6.24. The van der Waals surface area contributed by atoms with E-state index in [1.54, 1.807) is 4.90 Å². The van der Waals surface area contributed by atoms with Crippen molar-refractivity contribution in [3.63, 3.8) is 0 Å². The first-order valence-corrected chi connectivity index (χ1v) is 6.78. The number of aromatic nitrogens is 1. The van der Waals surface area contributed by atoms with E-state index in [0.717, 1.165) is 12.8 Å². The normalized spacial score (nSPS) is 10.7. The van der Waals surface area contributed by atoms with Gasteiger partial charge in [-0.15, -0.1) is 11.6 Å². The highest BCUT2D eigenvalue weighted by Crippen LogP contribution is 2.17. The van der Waals surface area contributed by atoms with Gasteiger partial charge in [-0.25, -0.2) is 0 Å². The predicted molar refractivity (Wildman–Crippen MR) is 73.6 cm³/mol. The van der Waals surface area contributed by atoms with Crippen LogP contribution in [-0.4, -0.2) is 39.2 Å². The highest BCUT2D eigenvalue weighted by atomic mass is 35.5. The maximum atomic E-state index is 12.3. The molecule has 1 aromatic rings. The Bertz CT molecular complexity index is 443. The van der Waals surface area contributed by atoms with Crippen LogP contribution in [0.5, 0.6) is 0 Å². The number of H-pyrrole nitrogens is 1. The van der Waals surface area contributed by atoms with Gasteiger partial charge >= 0.3 is 0 Å². The number of amides is 1. The topological polar surface area (TPSA) is 79.2 Å². The van der Waals surface area contributed by atoms with E-state index in [1.807, 2.05) is 13.8 Å². The molecule has 1 N–H and O–H groups in total. The first-order chi connectivity index (χ1) is 9.04. The van der Waals surface area contributed by atoms with Gasteiger partial charge in [-0.2, -0.15) is 0 Å². The van der Waals surface area contributed by atoms with Crippen molar-refractivity contribution in [2.75, 3.05) is 12.4 Å². The highest BCUT2D eigenvalue weighted by Gasteiger charge is 2.24. The number of carbonyl (C=O) groups is 1. The molecule has 1 amide bonds. The van der Waals surface area contributed by atoms with Crippen LogP contribution in [0.2, 0.25) is 0 Å². The van der Waals surface area contributed by atoms with Gasteiger partial charge in [0, 0.05) is 24.5 Å². The monoisotopic (exact) mass is 287 g/mol. The fourth-order valence-corrected chi connectivity index (χ4v) is 2.22. The maximum Gasteiger partial charge on any atom is 0.287 e. The van der Waals surface area contributed by atoms with E-state index < -0.39 is 4.92 Å². The lowest BCUT2D eigenvalue weighted by molar-refractivity contribution is -0.384.